The van der Waals surface area contributed by atoms with Gasteiger partial charge >= 0.3 is 6.61 Å². The normalized spacial score (nSPS) is 12.0. The molecular weight excluding hydrogens is 276 g/mol. The minimum Gasteiger partial charge on any atom is -0.497 e. The third-order valence-corrected chi connectivity index (χ3v) is 3.04. The van der Waals surface area contributed by atoms with Crippen LogP contribution in [0.3, 0.4) is 0 Å². The average Bonchev–Trinajstić information content (AvgIpc) is 2.47. The van der Waals surface area contributed by atoms with Crippen molar-refractivity contribution in [2.75, 3.05) is 12.4 Å². The standard InChI is InChI=1S/C16H17F2NO2/c1-11(19-13-6-4-7-14(10-13)20-2)12-5-3-8-15(9-12)21-16(17)18/h3-11,16,19H,1-2H3. The van der Waals surface area contributed by atoms with E-state index in [-0.39, 0.29) is 11.8 Å². The molecule has 1 atom stereocenters. The van der Waals surface area contributed by atoms with Gasteiger partial charge < -0.3 is 14.8 Å². The van der Waals surface area contributed by atoms with E-state index in [1.165, 1.54) is 6.07 Å². The molecule has 2 aromatic carbocycles. The Hall–Kier alpha value is -2.30. The van der Waals surface area contributed by atoms with Crippen molar-refractivity contribution in [2.24, 2.45) is 0 Å². The van der Waals surface area contributed by atoms with Crippen molar-refractivity contribution in [3.05, 3.63) is 54.1 Å². The van der Waals surface area contributed by atoms with Crippen LogP contribution >= 0.6 is 0 Å². The fraction of sp³-hybridized carbons (Fsp3) is 0.250. The van der Waals surface area contributed by atoms with Crippen molar-refractivity contribution in [3.8, 4) is 11.5 Å². The molecule has 0 aliphatic carbocycles. The summed E-state index contributed by atoms with van der Waals surface area (Å²) in [7, 11) is 1.60. The molecule has 0 aliphatic heterocycles. The van der Waals surface area contributed by atoms with Crippen LogP contribution in [0.15, 0.2) is 48.5 Å². The molecule has 21 heavy (non-hydrogen) atoms. The molecule has 2 aromatic rings. The first-order chi connectivity index (χ1) is 10.1. The molecular formula is C16H17F2NO2. The van der Waals surface area contributed by atoms with Crippen molar-refractivity contribution < 1.29 is 18.3 Å². The number of rotatable bonds is 6. The fourth-order valence-electron chi connectivity index (χ4n) is 2.01. The van der Waals surface area contributed by atoms with E-state index >= 15 is 0 Å². The number of ether oxygens (including phenoxy) is 2. The Morgan fingerprint density at radius 3 is 2.43 bits per heavy atom. The zero-order valence-electron chi connectivity index (χ0n) is 11.8. The lowest BCUT2D eigenvalue weighted by Crippen LogP contribution is -2.08. The Bertz CT molecular complexity index is 590. The molecule has 3 nitrogen and oxygen atoms in total. The number of benzene rings is 2. The predicted octanol–water partition coefficient (Wildman–Crippen LogP) is 4.47. The Kier molecular flexibility index (Phi) is 4.98. The quantitative estimate of drug-likeness (QED) is 0.852. The Balaban J connectivity index is 2.10. The Labute approximate surface area is 122 Å². The highest BCUT2D eigenvalue weighted by Crippen LogP contribution is 2.25. The molecule has 112 valence electrons. The van der Waals surface area contributed by atoms with E-state index in [9.17, 15) is 8.78 Å². The average molecular weight is 293 g/mol. The zero-order chi connectivity index (χ0) is 15.2. The van der Waals surface area contributed by atoms with Gasteiger partial charge in [0.15, 0.2) is 0 Å². The molecule has 5 heteroatoms. The van der Waals surface area contributed by atoms with Crippen molar-refractivity contribution in [2.45, 2.75) is 19.6 Å². The zero-order valence-corrected chi connectivity index (χ0v) is 11.8. The minimum atomic E-state index is -2.82. The highest BCUT2D eigenvalue weighted by molar-refractivity contribution is 5.50. The molecule has 0 amide bonds. The van der Waals surface area contributed by atoms with Gasteiger partial charge in [0.2, 0.25) is 0 Å². The number of hydrogen-bond donors (Lipinski definition) is 1. The maximum absolute atomic E-state index is 12.2. The number of halogens is 2. The SMILES string of the molecule is COc1cccc(NC(C)c2cccc(OC(F)F)c2)c1. The molecule has 0 spiro atoms. The molecule has 0 radical (unpaired) electrons. The number of nitrogens with one attached hydrogen (secondary N) is 1. The van der Waals surface area contributed by atoms with Crippen molar-refractivity contribution in [1.29, 1.82) is 0 Å². The van der Waals surface area contributed by atoms with E-state index < -0.39 is 6.61 Å². The van der Waals surface area contributed by atoms with Gasteiger partial charge in [0.05, 0.1) is 7.11 Å². The second-order valence-corrected chi connectivity index (χ2v) is 4.55. The van der Waals surface area contributed by atoms with E-state index in [1.54, 1.807) is 19.2 Å². The maximum Gasteiger partial charge on any atom is 0.387 e. The van der Waals surface area contributed by atoms with Gasteiger partial charge in [-0.1, -0.05) is 18.2 Å². The van der Waals surface area contributed by atoms with Crippen LogP contribution in [0.4, 0.5) is 14.5 Å². The van der Waals surface area contributed by atoms with E-state index in [0.717, 1.165) is 17.0 Å². The molecule has 0 aliphatic rings. The lowest BCUT2D eigenvalue weighted by molar-refractivity contribution is -0.0498. The van der Waals surface area contributed by atoms with E-state index in [4.69, 9.17) is 4.74 Å². The van der Waals surface area contributed by atoms with Crippen molar-refractivity contribution in [1.82, 2.24) is 0 Å². The van der Waals surface area contributed by atoms with E-state index in [0.29, 0.717) is 0 Å². The minimum absolute atomic E-state index is 0.0571. The third kappa shape index (κ3) is 4.34. The van der Waals surface area contributed by atoms with Gasteiger partial charge in [0.25, 0.3) is 0 Å². The molecule has 1 unspecified atom stereocenters. The summed E-state index contributed by atoms with van der Waals surface area (Å²) in [6.45, 7) is -0.872. The monoisotopic (exact) mass is 293 g/mol. The Morgan fingerprint density at radius 2 is 1.71 bits per heavy atom. The van der Waals surface area contributed by atoms with Crippen LogP contribution in [0.2, 0.25) is 0 Å². The topological polar surface area (TPSA) is 30.5 Å². The van der Waals surface area contributed by atoms with Crippen LogP contribution in [0.25, 0.3) is 0 Å². The first-order valence-electron chi connectivity index (χ1n) is 6.54. The largest absolute Gasteiger partial charge is 0.497 e. The first kappa shape index (κ1) is 15.1. The summed E-state index contributed by atoms with van der Waals surface area (Å²) >= 11 is 0. The molecule has 0 saturated heterocycles. The van der Waals surface area contributed by atoms with Crippen LogP contribution in [-0.2, 0) is 0 Å². The molecule has 0 aromatic heterocycles. The summed E-state index contributed by atoms with van der Waals surface area (Å²) < 4.78 is 34.0. The van der Waals surface area contributed by atoms with Crippen molar-refractivity contribution in [3.63, 3.8) is 0 Å². The summed E-state index contributed by atoms with van der Waals surface area (Å²) in [6, 6.07) is 14.1. The molecule has 0 saturated carbocycles. The van der Waals surface area contributed by atoms with Crippen LogP contribution in [0, 0.1) is 0 Å². The summed E-state index contributed by atoms with van der Waals surface area (Å²) in [4.78, 5) is 0. The second-order valence-electron chi connectivity index (χ2n) is 4.55. The molecule has 1 N–H and O–H groups in total. The summed E-state index contributed by atoms with van der Waals surface area (Å²) in [5.74, 6) is 0.906. The lowest BCUT2D eigenvalue weighted by atomic mass is 10.1. The number of methoxy groups -OCH3 is 1. The number of anilines is 1. The highest BCUT2D eigenvalue weighted by Gasteiger charge is 2.09. The van der Waals surface area contributed by atoms with Gasteiger partial charge in [-0.15, -0.1) is 0 Å². The molecule has 2 rings (SSSR count). The smallest absolute Gasteiger partial charge is 0.387 e. The van der Waals surface area contributed by atoms with E-state index in [2.05, 4.69) is 10.1 Å². The highest BCUT2D eigenvalue weighted by atomic mass is 19.3. The van der Waals surface area contributed by atoms with Gasteiger partial charge in [-0.05, 0) is 36.8 Å². The third-order valence-electron chi connectivity index (χ3n) is 3.04. The van der Waals surface area contributed by atoms with Gasteiger partial charge in [-0.3, -0.25) is 0 Å². The maximum atomic E-state index is 12.2. The fourth-order valence-corrected chi connectivity index (χ4v) is 2.01. The summed E-state index contributed by atoms with van der Waals surface area (Å²) in [5, 5.41) is 3.29. The van der Waals surface area contributed by atoms with Crippen LogP contribution in [0.1, 0.15) is 18.5 Å². The number of hydrogen-bond acceptors (Lipinski definition) is 3. The molecule has 0 fully saturated rings. The Morgan fingerprint density at radius 1 is 1.00 bits per heavy atom. The van der Waals surface area contributed by atoms with E-state index in [1.807, 2.05) is 37.3 Å². The second kappa shape index (κ2) is 6.92. The molecule has 0 bridgehead atoms. The predicted molar refractivity (Wildman–Crippen MR) is 78.1 cm³/mol. The first-order valence-corrected chi connectivity index (χ1v) is 6.54. The summed E-state index contributed by atoms with van der Waals surface area (Å²) in [5.41, 5.74) is 1.75. The van der Waals surface area contributed by atoms with Gasteiger partial charge in [0.1, 0.15) is 11.5 Å². The lowest BCUT2D eigenvalue weighted by Gasteiger charge is -2.17. The summed E-state index contributed by atoms with van der Waals surface area (Å²) in [6.07, 6.45) is 0. The van der Waals surface area contributed by atoms with Gasteiger partial charge in [-0.2, -0.15) is 8.78 Å². The van der Waals surface area contributed by atoms with Crippen LogP contribution in [-0.4, -0.2) is 13.7 Å². The van der Waals surface area contributed by atoms with Crippen LogP contribution < -0.4 is 14.8 Å². The van der Waals surface area contributed by atoms with Crippen LogP contribution in [0.5, 0.6) is 11.5 Å². The van der Waals surface area contributed by atoms with Crippen molar-refractivity contribution >= 4 is 5.69 Å². The van der Waals surface area contributed by atoms with Gasteiger partial charge in [-0.25, -0.2) is 0 Å². The number of alkyl halides is 2. The molecule has 0 heterocycles. The van der Waals surface area contributed by atoms with Gasteiger partial charge in [0, 0.05) is 17.8 Å².